The van der Waals surface area contributed by atoms with Gasteiger partial charge >= 0.3 is 0 Å². The summed E-state index contributed by atoms with van der Waals surface area (Å²) >= 11 is 0. The minimum Gasteiger partial charge on any atom is -0.349 e. The molecule has 2 atom stereocenters. The van der Waals surface area contributed by atoms with Crippen LogP contribution in [-0.4, -0.2) is 19.0 Å². The molecule has 0 bridgehead atoms. The van der Waals surface area contributed by atoms with Gasteiger partial charge in [0.15, 0.2) is 0 Å². The molecule has 0 aromatic heterocycles. The maximum Gasteiger partial charge on any atom is 0.224 e. The first-order chi connectivity index (χ1) is 11.7. The number of hydrogen-bond donors (Lipinski definition) is 2. The summed E-state index contributed by atoms with van der Waals surface area (Å²) in [6.45, 7) is 2.06. The number of rotatable bonds is 4. The van der Waals surface area contributed by atoms with Crippen molar-refractivity contribution in [2.45, 2.75) is 51.0 Å². The molecule has 1 aromatic carbocycles. The van der Waals surface area contributed by atoms with E-state index in [-0.39, 0.29) is 41.5 Å². The highest BCUT2D eigenvalue weighted by atomic mass is 35.5. The van der Waals surface area contributed by atoms with E-state index < -0.39 is 0 Å². The molecule has 5 heteroatoms. The third-order valence-corrected chi connectivity index (χ3v) is 6.48. The highest BCUT2D eigenvalue weighted by Gasteiger charge is 2.57. The third-order valence-electron chi connectivity index (χ3n) is 6.48. The van der Waals surface area contributed by atoms with Crippen molar-refractivity contribution in [1.29, 1.82) is 0 Å². The van der Waals surface area contributed by atoms with Gasteiger partial charge in [0.2, 0.25) is 5.91 Å². The number of carbonyl (C=O) groups is 1. The number of nitrogens with one attached hydrogen (secondary N) is 2. The lowest BCUT2D eigenvalue weighted by Gasteiger charge is -2.27. The second kappa shape index (κ2) is 7.63. The fourth-order valence-corrected chi connectivity index (χ4v) is 4.91. The van der Waals surface area contributed by atoms with Crippen LogP contribution in [0.15, 0.2) is 24.3 Å². The number of benzene rings is 1. The van der Waals surface area contributed by atoms with Gasteiger partial charge in [0.1, 0.15) is 5.82 Å². The van der Waals surface area contributed by atoms with Crippen molar-refractivity contribution in [3.8, 4) is 0 Å². The molecule has 2 unspecified atom stereocenters. The molecule has 1 aliphatic heterocycles. The maximum absolute atomic E-state index is 13.7. The topological polar surface area (TPSA) is 41.1 Å². The van der Waals surface area contributed by atoms with Crippen LogP contribution in [-0.2, 0) is 4.79 Å². The maximum atomic E-state index is 13.7. The highest BCUT2D eigenvalue weighted by molar-refractivity contribution is 5.85. The zero-order valence-electron chi connectivity index (χ0n) is 14.6. The van der Waals surface area contributed by atoms with Crippen LogP contribution in [0.3, 0.4) is 0 Å². The van der Waals surface area contributed by atoms with E-state index in [4.69, 9.17) is 0 Å². The predicted octanol–water partition coefficient (Wildman–Crippen LogP) is 3.98. The molecule has 2 aliphatic carbocycles. The van der Waals surface area contributed by atoms with Crippen molar-refractivity contribution in [3.63, 3.8) is 0 Å². The van der Waals surface area contributed by atoms with Crippen LogP contribution < -0.4 is 10.6 Å². The first kappa shape index (κ1) is 18.7. The average Bonchev–Trinajstić information content (AvgIpc) is 3.03. The Morgan fingerprint density at radius 3 is 2.64 bits per heavy atom. The fourth-order valence-electron chi connectivity index (χ4n) is 4.91. The average molecular weight is 367 g/mol. The Morgan fingerprint density at radius 1 is 1.24 bits per heavy atom. The van der Waals surface area contributed by atoms with Gasteiger partial charge in [-0.05, 0) is 74.2 Å². The molecule has 1 spiro atoms. The van der Waals surface area contributed by atoms with Gasteiger partial charge in [0.25, 0.3) is 0 Å². The van der Waals surface area contributed by atoms with Gasteiger partial charge in [0, 0.05) is 5.92 Å². The molecular weight excluding hydrogens is 339 g/mol. The highest BCUT2D eigenvalue weighted by Crippen LogP contribution is 2.58. The molecule has 4 rings (SSSR count). The summed E-state index contributed by atoms with van der Waals surface area (Å²) in [5.41, 5.74) is 1.17. The molecule has 2 N–H and O–H groups in total. The molecule has 3 nitrogen and oxygen atoms in total. The molecule has 138 valence electrons. The molecular formula is C20H28ClFN2O. The predicted molar refractivity (Wildman–Crippen MR) is 99.1 cm³/mol. The summed E-state index contributed by atoms with van der Waals surface area (Å²) in [5, 5.41) is 6.69. The van der Waals surface area contributed by atoms with E-state index in [0.29, 0.717) is 5.92 Å². The number of carbonyl (C=O) groups excluding carboxylic acids is 1. The second-order valence-electron chi connectivity index (χ2n) is 7.95. The van der Waals surface area contributed by atoms with E-state index in [9.17, 15) is 9.18 Å². The molecule has 1 amide bonds. The Labute approximate surface area is 155 Å². The zero-order chi connectivity index (χ0) is 16.6. The van der Waals surface area contributed by atoms with Crippen LogP contribution >= 0.6 is 12.4 Å². The molecule has 1 aromatic rings. The molecule has 1 saturated heterocycles. The number of piperidine rings is 1. The summed E-state index contributed by atoms with van der Waals surface area (Å²) in [5.74, 6) is 0.583. The van der Waals surface area contributed by atoms with Crippen LogP contribution in [0.25, 0.3) is 0 Å². The lowest BCUT2D eigenvalue weighted by molar-refractivity contribution is -0.124. The van der Waals surface area contributed by atoms with Gasteiger partial charge in [-0.25, -0.2) is 4.39 Å². The smallest absolute Gasteiger partial charge is 0.224 e. The van der Waals surface area contributed by atoms with Crippen molar-refractivity contribution in [2.24, 2.45) is 17.3 Å². The first-order valence-corrected chi connectivity index (χ1v) is 9.45. The van der Waals surface area contributed by atoms with Gasteiger partial charge in [-0.3, -0.25) is 4.79 Å². The lowest BCUT2D eigenvalue weighted by atomic mass is 9.89. The summed E-state index contributed by atoms with van der Waals surface area (Å²) < 4.78 is 13.7. The van der Waals surface area contributed by atoms with Crippen molar-refractivity contribution in [1.82, 2.24) is 10.6 Å². The van der Waals surface area contributed by atoms with Gasteiger partial charge in [-0.1, -0.05) is 25.0 Å². The van der Waals surface area contributed by atoms with Crippen LogP contribution in [0, 0.1) is 23.1 Å². The van der Waals surface area contributed by atoms with E-state index in [2.05, 4.69) is 10.6 Å². The molecule has 3 aliphatic rings. The summed E-state index contributed by atoms with van der Waals surface area (Å²) in [4.78, 5) is 12.9. The van der Waals surface area contributed by atoms with Gasteiger partial charge in [-0.2, -0.15) is 0 Å². The Bertz CT molecular complexity index is 611. The Kier molecular flexibility index (Phi) is 5.69. The van der Waals surface area contributed by atoms with Crippen LogP contribution in [0.4, 0.5) is 4.39 Å². The van der Waals surface area contributed by atoms with Gasteiger partial charge < -0.3 is 10.6 Å². The Morgan fingerprint density at radius 2 is 1.96 bits per heavy atom. The normalized spacial score (nSPS) is 26.0. The zero-order valence-corrected chi connectivity index (χ0v) is 15.4. The van der Waals surface area contributed by atoms with Crippen LogP contribution in [0.5, 0.6) is 0 Å². The van der Waals surface area contributed by atoms with Gasteiger partial charge in [0.05, 0.1) is 6.04 Å². The number of halogens is 2. The summed E-state index contributed by atoms with van der Waals surface area (Å²) in [6.07, 6.45) is 7.93. The Hall–Kier alpha value is -1.13. The van der Waals surface area contributed by atoms with Crippen molar-refractivity contribution < 1.29 is 9.18 Å². The van der Waals surface area contributed by atoms with Gasteiger partial charge in [-0.15, -0.1) is 12.4 Å². The Balaban J connectivity index is 0.00000182. The van der Waals surface area contributed by atoms with E-state index in [1.54, 1.807) is 12.1 Å². The largest absolute Gasteiger partial charge is 0.349 e. The quantitative estimate of drug-likeness (QED) is 0.846. The van der Waals surface area contributed by atoms with Crippen molar-refractivity contribution in [2.75, 3.05) is 13.1 Å². The summed E-state index contributed by atoms with van der Waals surface area (Å²) in [7, 11) is 0. The van der Waals surface area contributed by atoms with Crippen LogP contribution in [0.1, 0.15) is 56.6 Å². The van der Waals surface area contributed by atoms with E-state index >= 15 is 0 Å². The molecule has 0 radical (unpaired) electrons. The van der Waals surface area contributed by atoms with E-state index in [0.717, 1.165) is 50.8 Å². The number of hydrogen-bond acceptors (Lipinski definition) is 2. The van der Waals surface area contributed by atoms with Crippen molar-refractivity contribution >= 4 is 18.3 Å². The van der Waals surface area contributed by atoms with Crippen LogP contribution in [0.2, 0.25) is 0 Å². The first-order valence-electron chi connectivity index (χ1n) is 9.45. The molecule has 2 saturated carbocycles. The second-order valence-corrected chi connectivity index (χ2v) is 7.95. The minimum atomic E-state index is -0.217. The fraction of sp³-hybridized carbons (Fsp3) is 0.650. The van der Waals surface area contributed by atoms with Crippen molar-refractivity contribution in [3.05, 3.63) is 35.6 Å². The van der Waals surface area contributed by atoms with E-state index in [1.807, 2.05) is 6.07 Å². The third kappa shape index (κ3) is 3.85. The molecule has 25 heavy (non-hydrogen) atoms. The molecule has 1 heterocycles. The summed E-state index contributed by atoms with van der Waals surface area (Å²) in [6, 6.07) is 6.75. The molecule has 3 fully saturated rings. The standard InChI is InChI=1S/C20H27FN2O.ClH/c21-16-7-3-6-15(12-16)18(14-4-1-2-5-14)23-19(24)17-13-20(17)8-10-22-11-9-20;/h3,6-7,12,14,17-18,22H,1-2,4-5,8-11,13H2,(H,23,24);1H. The monoisotopic (exact) mass is 366 g/mol. The van der Waals surface area contributed by atoms with E-state index in [1.165, 1.54) is 18.9 Å². The SMILES string of the molecule is Cl.O=C(NC(c1cccc(F)c1)C1CCCC1)C1CC12CCNCC2. The minimum absolute atomic E-state index is 0. The number of amides is 1. The lowest BCUT2D eigenvalue weighted by Crippen LogP contribution is -2.37.